The number of para-hydroxylation sites is 1. The molecule has 2 aromatic rings. The van der Waals surface area contributed by atoms with Crippen LogP contribution in [0.25, 0.3) is 10.9 Å². The summed E-state index contributed by atoms with van der Waals surface area (Å²) >= 11 is 0. The van der Waals surface area contributed by atoms with Crippen molar-refractivity contribution in [1.29, 1.82) is 0 Å². The molecule has 0 bridgehead atoms. The van der Waals surface area contributed by atoms with Gasteiger partial charge in [0, 0.05) is 36.8 Å². The molecule has 2 atom stereocenters. The molecule has 0 saturated carbocycles. The van der Waals surface area contributed by atoms with Crippen LogP contribution in [0.15, 0.2) is 36.5 Å². The number of aromatic nitrogens is 1. The Labute approximate surface area is 143 Å². The second kappa shape index (κ2) is 7.73. The Morgan fingerprint density at radius 2 is 2.29 bits per heavy atom. The van der Waals surface area contributed by atoms with Gasteiger partial charge in [0.2, 0.25) is 5.91 Å². The standard InChI is InChI=1S/C19H25N3O2/c1-14(22-7-8-24-13-15(22)2)11-21-19(23)10-16-9-17-5-3-4-6-18(17)20-12-16/h3-6,9,12,14-15H,7-8,10-11,13H2,1-2H3,(H,21,23). The summed E-state index contributed by atoms with van der Waals surface area (Å²) in [5.74, 6) is 0.0415. The summed E-state index contributed by atoms with van der Waals surface area (Å²) in [6.45, 7) is 7.43. The zero-order valence-electron chi connectivity index (χ0n) is 14.4. The fourth-order valence-electron chi connectivity index (χ4n) is 3.23. The lowest BCUT2D eigenvalue weighted by atomic mass is 10.1. The Kier molecular flexibility index (Phi) is 5.43. The quantitative estimate of drug-likeness (QED) is 0.913. The van der Waals surface area contributed by atoms with Gasteiger partial charge in [-0.05, 0) is 31.5 Å². The molecular formula is C19H25N3O2. The van der Waals surface area contributed by atoms with Crippen molar-refractivity contribution in [1.82, 2.24) is 15.2 Å². The van der Waals surface area contributed by atoms with E-state index in [0.717, 1.165) is 36.2 Å². The van der Waals surface area contributed by atoms with E-state index in [0.29, 0.717) is 25.0 Å². The number of benzene rings is 1. The number of hydrogen-bond donors (Lipinski definition) is 1. The predicted octanol–water partition coefficient (Wildman–Crippen LogP) is 2.00. The van der Waals surface area contributed by atoms with Crippen LogP contribution in [0.1, 0.15) is 19.4 Å². The number of pyridine rings is 1. The molecule has 24 heavy (non-hydrogen) atoms. The van der Waals surface area contributed by atoms with Crippen molar-refractivity contribution < 1.29 is 9.53 Å². The zero-order valence-corrected chi connectivity index (χ0v) is 14.4. The Bertz CT molecular complexity index is 704. The van der Waals surface area contributed by atoms with Crippen LogP contribution in [0.4, 0.5) is 0 Å². The summed E-state index contributed by atoms with van der Waals surface area (Å²) in [6, 6.07) is 10.7. The van der Waals surface area contributed by atoms with Crippen LogP contribution >= 0.6 is 0 Å². The molecule has 1 aliphatic heterocycles. The van der Waals surface area contributed by atoms with Gasteiger partial charge >= 0.3 is 0 Å². The minimum atomic E-state index is 0.0415. The van der Waals surface area contributed by atoms with Gasteiger partial charge in [0.15, 0.2) is 0 Å². The first-order valence-electron chi connectivity index (χ1n) is 8.57. The lowest BCUT2D eigenvalue weighted by Gasteiger charge is -2.37. The number of ether oxygens (including phenoxy) is 1. The number of fused-ring (bicyclic) bond motifs is 1. The van der Waals surface area contributed by atoms with E-state index in [1.807, 2.05) is 30.3 Å². The highest BCUT2D eigenvalue weighted by atomic mass is 16.5. The molecular weight excluding hydrogens is 302 g/mol. The van der Waals surface area contributed by atoms with E-state index in [2.05, 4.69) is 29.0 Å². The first kappa shape index (κ1) is 16.9. The van der Waals surface area contributed by atoms with Gasteiger partial charge in [-0.1, -0.05) is 18.2 Å². The highest BCUT2D eigenvalue weighted by Crippen LogP contribution is 2.13. The molecule has 2 heterocycles. The van der Waals surface area contributed by atoms with E-state index in [9.17, 15) is 4.79 Å². The summed E-state index contributed by atoms with van der Waals surface area (Å²) in [6.07, 6.45) is 2.15. The second-order valence-electron chi connectivity index (χ2n) is 6.53. The third-order valence-corrected chi connectivity index (χ3v) is 4.59. The van der Waals surface area contributed by atoms with E-state index >= 15 is 0 Å². The smallest absolute Gasteiger partial charge is 0.224 e. The number of carbonyl (C=O) groups excluding carboxylic acids is 1. The normalized spacial score (nSPS) is 20.0. The van der Waals surface area contributed by atoms with Gasteiger partial charge in [-0.25, -0.2) is 0 Å². The molecule has 0 radical (unpaired) electrons. The van der Waals surface area contributed by atoms with E-state index < -0.39 is 0 Å². The van der Waals surface area contributed by atoms with Gasteiger partial charge in [0.1, 0.15) is 0 Å². The van der Waals surface area contributed by atoms with E-state index in [4.69, 9.17) is 4.74 Å². The van der Waals surface area contributed by atoms with Crippen LogP contribution < -0.4 is 5.32 Å². The first-order valence-corrected chi connectivity index (χ1v) is 8.57. The molecule has 5 heteroatoms. The number of carbonyl (C=O) groups is 1. The summed E-state index contributed by atoms with van der Waals surface area (Å²) in [4.78, 5) is 19.0. The largest absolute Gasteiger partial charge is 0.379 e. The number of amides is 1. The lowest BCUT2D eigenvalue weighted by molar-refractivity contribution is -0.120. The number of nitrogens with zero attached hydrogens (tertiary/aromatic N) is 2. The fourth-order valence-corrected chi connectivity index (χ4v) is 3.23. The molecule has 1 saturated heterocycles. The summed E-state index contributed by atoms with van der Waals surface area (Å²) in [5.41, 5.74) is 1.90. The molecule has 2 unspecified atom stereocenters. The van der Waals surface area contributed by atoms with Gasteiger partial charge in [0.05, 0.1) is 25.2 Å². The molecule has 3 rings (SSSR count). The first-order chi connectivity index (χ1) is 11.6. The van der Waals surface area contributed by atoms with Crippen molar-refractivity contribution in [2.75, 3.05) is 26.3 Å². The molecule has 1 fully saturated rings. The number of morpholine rings is 1. The minimum absolute atomic E-state index is 0.0415. The van der Waals surface area contributed by atoms with Gasteiger partial charge in [-0.15, -0.1) is 0 Å². The van der Waals surface area contributed by atoms with Crippen LogP contribution in [-0.4, -0.2) is 54.2 Å². The molecule has 1 aliphatic rings. The monoisotopic (exact) mass is 327 g/mol. The van der Waals surface area contributed by atoms with Crippen molar-refractivity contribution >= 4 is 16.8 Å². The Balaban J connectivity index is 1.53. The molecule has 1 aromatic carbocycles. The minimum Gasteiger partial charge on any atom is -0.379 e. The van der Waals surface area contributed by atoms with E-state index in [1.165, 1.54) is 0 Å². The maximum absolute atomic E-state index is 12.2. The van der Waals surface area contributed by atoms with Crippen LogP contribution in [0.2, 0.25) is 0 Å². The Hall–Kier alpha value is -1.98. The third-order valence-electron chi connectivity index (χ3n) is 4.59. The highest BCUT2D eigenvalue weighted by molar-refractivity contribution is 5.82. The average molecular weight is 327 g/mol. The summed E-state index contributed by atoms with van der Waals surface area (Å²) in [7, 11) is 0. The third kappa shape index (κ3) is 4.10. The SMILES string of the molecule is CC(CNC(=O)Cc1cnc2ccccc2c1)N1CCOCC1C. The topological polar surface area (TPSA) is 54.5 Å². The van der Waals surface area contributed by atoms with Crippen molar-refractivity contribution in [3.63, 3.8) is 0 Å². The number of rotatable bonds is 5. The molecule has 128 valence electrons. The fraction of sp³-hybridized carbons (Fsp3) is 0.474. The molecule has 1 amide bonds. The van der Waals surface area contributed by atoms with Crippen molar-refractivity contribution in [2.24, 2.45) is 0 Å². The molecule has 1 aromatic heterocycles. The van der Waals surface area contributed by atoms with Gasteiger partial charge in [0.25, 0.3) is 0 Å². The maximum atomic E-state index is 12.2. The molecule has 1 N–H and O–H groups in total. The Morgan fingerprint density at radius 1 is 1.46 bits per heavy atom. The molecule has 0 spiro atoms. The molecule has 5 nitrogen and oxygen atoms in total. The van der Waals surface area contributed by atoms with E-state index in [1.54, 1.807) is 6.20 Å². The Morgan fingerprint density at radius 3 is 3.12 bits per heavy atom. The van der Waals surface area contributed by atoms with Crippen molar-refractivity contribution in [2.45, 2.75) is 32.4 Å². The van der Waals surface area contributed by atoms with Crippen molar-refractivity contribution in [3.05, 3.63) is 42.1 Å². The second-order valence-corrected chi connectivity index (χ2v) is 6.53. The van der Waals surface area contributed by atoms with Crippen LogP contribution in [0.3, 0.4) is 0 Å². The molecule has 0 aliphatic carbocycles. The summed E-state index contributed by atoms with van der Waals surface area (Å²) < 4.78 is 5.47. The van der Waals surface area contributed by atoms with Gasteiger partial charge < -0.3 is 10.1 Å². The van der Waals surface area contributed by atoms with Gasteiger partial charge in [-0.3, -0.25) is 14.7 Å². The summed E-state index contributed by atoms with van der Waals surface area (Å²) in [5, 5.41) is 4.12. The highest BCUT2D eigenvalue weighted by Gasteiger charge is 2.23. The number of hydrogen-bond acceptors (Lipinski definition) is 4. The van der Waals surface area contributed by atoms with Crippen molar-refractivity contribution in [3.8, 4) is 0 Å². The zero-order chi connectivity index (χ0) is 16.9. The maximum Gasteiger partial charge on any atom is 0.224 e. The van der Waals surface area contributed by atoms with Crippen LogP contribution in [0.5, 0.6) is 0 Å². The van der Waals surface area contributed by atoms with Gasteiger partial charge in [-0.2, -0.15) is 0 Å². The lowest BCUT2D eigenvalue weighted by Crippen LogP contribution is -2.52. The van der Waals surface area contributed by atoms with Crippen LogP contribution in [-0.2, 0) is 16.0 Å². The average Bonchev–Trinajstić information content (AvgIpc) is 2.60. The number of nitrogens with one attached hydrogen (secondary N) is 1. The predicted molar refractivity (Wildman–Crippen MR) is 94.9 cm³/mol. The van der Waals surface area contributed by atoms with E-state index in [-0.39, 0.29) is 5.91 Å². The van der Waals surface area contributed by atoms with Crippen LogP contribution in [0, 0.1) is 0 Å².